The number of allylic oxidation sites excluding steroid dienone is 2. The van der Waals surface area contributed by atoms with E-state index < -0.39 is 13.7 Å². The molecule has 0 saturated carbocycles. The van der Waals surface area contributed by atoms with E-state index in [2.05, 4.69) is 120 Å². The molecule has 0 spiro atoms. The second-order valence-corrected chi connectivity index (χ2v) is 20.0. The molecule has 6 atom stereocenters. The van der Waals surface area contributed by atoms with Crippen molar-refractivity contribution in [2.45, 2.75) is 111 Å². The van der Waals surface area contributed by atoms with Gasteiger partial charge in [0.25, 0.3) is 8.32 Å². The summed E-state index contributed by atoms with van der Waals surface area (Å²) in [5.41, 5.74) is 0.859. The summed E-state index contributed by atoms with van der Waals surface area (Å²) in [6.07, 6.45) is 9.70. The molecule has 5 heteroatoms. The molecule has 45 heavy (non-hydrogen) atoms. The summed E-state index contributed by atoms with van der Waals surface area (Å²) in [7, 11) is -1.02. The Bertz CT molecular complexity index is 1260. The van der Waals surface area contributed by atoms with Crippen molar-refractivity contribution in [2.75, 3.05) is 7.11 Å². The number of hydrogen-bond acceptors (Lipinski definition) is 4. The SMILES string of the molecule is CO[C@H]1C=CC[C@@H](O[Si](c2ccccc2)(c2ccccc2)C(C)(C)C)C[C@H]2C(C)=CC[C@H](C(C)C)[C@H]2C[C@@H]1OC(=O)C(C)(C)C. The Hall–Kier alpha value is -2.47. The van der Waals surface area contributed by atoms with E-state index in [1.54, 1.807) is 7.11 Å². The number of rotatable bonds is 7. The van der Waals surface area contributed by atoms with Gasteiger partial charge in [-0.1, -0.05) is 119 Å². The van der Waals surface area contributed by atoms with Crippen LogP contribution < -0.4 is 10.4 Å². The zero-order valence-corrected chi connectivity index (χ0v) is 30.5. The van der Waals surface area contributed by atoms with Gasteiger partial charge in [-0.05, 0) is 92.5 Å². The minimum absolute atomic E-state index is 0.0143. The van der Waals surface area contributed by atoms with Crippen molar-refractivity contribution in [1.29, 1.82) is 0 Å². The molecule has 0 aromatic heterocycles. The lowest BCUT2D eigenvalue weighted by Crippen LogP contribution is -2.67. The summed E-state index contributed by atoms with van der Waals surface area (Å²) in [6.45, 7) is 19.8. The molecule has 2 aliphatic rings. The van der Waals surface area contributed by atoms with Crippen LogP contribution in [0.4, 0.5) is 0 Å². The van der Waals surface area contributed by atoms with Gasteiger partial charge >= 0.3 is 5.97 Å². The number of carbonyl (C=O) groups excluding carboxylic acids is 1. The van der Waals surface area contributed by atoms with Crippen LogP contribution in [-0.4, -0.2) is 39.7 Å². The van der Waals surface area contributed by atoms with Crippen LogP contribution >= 0.6 is 0 Å². The molecule has 0 fully saturated rings. The molecule has 0 radical (unpaired) electrons. The monoisotopic (exact) mass is 630 g/mol. The van der Waals surface area contributed by atoms with Gasteiger partial charge in [-0.25, -0.2) is 0 Å². The summed E-state index contributed by atoms with van der Waals surface area (Å²) in [4.78, 5) is 13.2. The first-order valence-electron chi connectivity index (χ1n) is 17.0. The molecule has 246 valence electrons. The number of benzene rings is 2. The Morgan fingerprint density at radius 1 is 0.867 bits per heavy atom. The topological polar surface area (TPSA) is 44.8 Å². The number of ether oxygens (including phenoxy) is 2. The van der Waals surface area contributed by atoms with Crippen molar-refractivity contribution in [3.05, 3.63) is 84.5 Å². The highest BCUT2D eigenvalue weighted by atomic mass is 28.4. The zero-order chi connectivity index (χ0) is 33.0. The maximum atomic E-state index is 13.2. The van der Waals surface area contributed by atoms with Crippen molar-refractivity contribution >= 4 is 24.7 Å². The lowest BCUT2D eigenvalue weighted by molar-refractivity contribution is -0.166. The highest BCUT2D eigenvalue weighted by Gasteiger charge is 2.52. The van der Waals surface area contributed by atoms with E-state index in [1.807, 2.05) is 20.8 Å². The van der Waals surface area contributed by atoms with E-state index in [-0.39, 0.29) is 29.3 Å². The maximum absolute atomic E-state index is 13.2. The molecule has 0 amide bonds. The fourth-order valence-electron chi connectivity index (χ4n) is 7.72. The van der Waals surface area contributed by atoms with Gasteiger partial charge in [0, 0.05) is 13.2 Å². The Morgan fingerprint density at radius 3 is 1.93 bits per heavy atom. The predicted octanol–water partition coefficient (Wildman–Crippen LogP) is 8.50. The maximum Gasteiger partial charge on any atom is 0.311 e. The van der Waals surface area contributed by atoms with Crippen LogP contribution in [0.1, 0.15) is 88.0 Å². The highest BCUT2D eigenvalue weighted by Crippen LogP contribution is 2.46. The molecule has 2 aliphatic carbocycles. The lowest BCUT2D eigenvalue weighted by atomic mass is 9.64. The predicted molar refractivity (Wildman–Crippen MR) is 189 cm³/mol. The molecular weight excluding hydrogens is 573 g/mol. The molecule has 0 unspecified atom stereocenters. The summed E-state index contributed by atoms with van der Waals surface area (Å²) in [6, 6.07) is 21.9. The van der Waals surface area contributed by atoms with Crippen molar-refractivity contribution in [2.24, 2.45) is 29.1 Å². The van der Waals surface area contributed by atoms with Gasteiger partial charge in [-0.15, -0.1) is 0 Å². The van der Waals surface area contributed by atoms with Crippen molar-refractivity contribution in [3.63, 3.8) is 0 Å². The Balaban J connectivity index is 1.84. The molecule has 4 rings (SSSR count). The smallest absolute Gasteiger partial charge is 0.311 e. The molecule has 0 N–H and O–H groups in total. The highest BCUT2D eigenvalue weighted by molar-refractivity contribution is 6.99. The zero-order valence-electron chi connectivity index (χ0n) is 29.5. The Kier molecular flexibility index (Phi) is 11.4. The number of fused-ring (bicyclic) bond motifs is 1. The molecule has 0 aliphatic heterocycles. The Morgan fingerprint density at radius 2 is 1.44 bits per heavy atom. The van der Waals surface area contributed by atoms with Crippen LogP contribution in [0.15, 0.2) is 84.5 Å². The van der Waals surface area contributed by atoms with E-state index >= 15 is 0 Å². The van der Waals surface area contributed by atoms with Crippen LogP contribution in [0.3, 0.4) is 0 Å². The fraction of sp³-hybridized carbons (Fsp3) is 0.575. The second-order valence-electron chi connectivity index (χ2n) is 15.8. The number of carbonyl (C=O) groups is 1. The summed E-state index contributed by atoms with van der Waals surface area (Å²) in [5, 5.41) is 2.51. The van der Waals surface area contributed by atoms with Gasteiger partial charge in [0.05, 0.1) is 5.41 Å². The molecular formula is C40H58O4Si. The van der Waals surface area contributed by atoms with Crippen molar-refractivity contribution in [3.8, 4) is 0 Å². The van der Waals surface area contributed by atoms with E-state index in [0.29, 0.717) is 23.7 Å². The van der Waals surface area contributed by atoms with E-state index in [1.165, 1.54) is 15.9 Å². The minimum Gasteiger partial charge on any atom is -0.459 e. The van der Waals surface area contributed by atoms with Gasteiger partial charge in [-0.2, -0.15) is 0 Å². The first-order chi connectivity index (χ1) is 21.2. The van der Waals surface area contributed by atoms with Crippen LogP contribution in [0.25, 0.3) is 0 Å². The molecule has 0 heterocycles. The third-order valence-electron chi connectivity index (χ3n) is 10.2. The third kappa shape index (κ3) is 7.92. The number of methoxy groups -OCH3 is 1. The second kappa shape index (κ2) is 14.5. The first-order valence-corrected chi connectivity index (χ1v) is 19.0. The van der Waals surface area contributed by atoms with E-state index in [9.17, 15) is 4.79 Å². The first kappa shape index (κ1) is 35.4. The minimum atomic E-state index is -2.76. The van der Waals surface area contributed by atoms with Gasteiger partial charge in [0.15, 0.2) is 0 Å². The van der Waals surface area contributed by atoms with Gasteiger partial charge in [0.2, 0.25) is 0 Å². The molecule has 0 bridgehead atoms. The lowest BCUT2D eigenvalue weighted by Gasteiger charge is -2.47. The summed E-state index contributed by atoms with van der Waals surface area (Å²) in [5.74, 6) is 1.50. The molecule has 0 saturated heterocycles. The van der Waals surface area contributed by atoms with E-state index in [0.717, 1.165) is 25.7 Å². The standard InChI is InChI=1S/C40H58O4Si/c1-28(2)33-25-24-29(3)34-26-30(18-17-23-36(42-10)37(27-35(33)34)43-38(41)39(4,5)6)44-45(40(7,8)9,31-19-13-11-14-20-31)32-21-15-12-16-22-32/h11-17,19-24,28,30,33-37H,18,25-27H2,1-10H3/t30-,33-,34+,35-,36+,37+/m1/s1. The molecule has 2 aromatic rings. The van der Waals surface area contributed by atoms with Crippen LogP contribution in [-0.2, 0) is 18.7 Å². The number of esters is 1. The van der Waals surface area contributed by atoms with Gasteiger partial charge in [0.1, 0.15) is 12.2 Å². The molecule has 2 aromatic carbocycles. The van der Waals surface area contributed by atoms with Crippen molar-refractivity contribution in [1.82, 2.24) is 0 Å². The summed E-state index contributed by atoms with van der Waals surface area (Å²) >= 11 is 0. The molecule has 4 nitrogen and oxygen atoms in total. The van der Waals surface area contributed by atoms with Crippen LogP contribution in [0, 0.1) is 29.1 Å². The Labute approximate surface area is 274 Å². The van der Waals surface area contributed by atoms with Crippen LogP contribution in [0.5, 0.6) is 0 Å². The van der Waals surface area contributed by atoms with Gasteiger partial charge in [-0.3, -0.25) is 4.79 Å². The average molecular weight is 631 g/mol. The quantitative estimate of drug-likeness (QED) is 0.175. The van der Waals surface area contributed by atoms with E-state index in [4.69, 9.17) is 13.9 Å². The van der Waals surface area contributed by atoms with Crippen LogP contribution in [0.2, 0.25) is 5.04 Å². The van der Waals surface area contributed by atoms with Crippen molar-refractivity contribution < 1.29 is 18.7 Å². The normalized spacial score (nSPS) is 26.6. The average Bonchev–Trinajstić information content (AvgIpc) is 2.98. The number of hydrogen-bond donors (Lipinski definition) is 0. The van der Waals surface area contributed by atoms with Gasteiger partial charge < -0.3 is 13.9 Å². The summed E-state index contributed by atoms with van der Waals surface area (Å²) < 4.78 is 20.2. The third-order valence-corrected chi connectivity index (χ3v) is 15.3. The fourth-order valence-corrected chi connectivity index (χ4v) is 12.4. The largest absolute Gasteiger partial charge is 0.459 e.